The molecule has 1 aliphatic rings. The van der Waals surface area contributed by atoms with E-state index in [-0.39, 0.29) is 29.2 Å². The van der Waals surface area contributed by atoms with E-state index in [1.54, 1.807) is 50.3 Å². The molecule has 11 heteroatoms. The number of phenolic OH excluding ortho intramolecular Hbond substituents is 1. The van der Waals surface area contributed by atoms with E-state index in [4.69, 9.17) is 18.9 Å². The van der Waals surface area contributed by atoms with E-state index < -0.39 is 12.0 Å². The second-order valence-electron chi connectivity index (χ2n) is 7.96. The topological polar surface area (TPSA) is 109 Å². The summed E-state index contributed by atoms with van der Waals surface area (Å²) in [5.74, 6) is 0.662. The smallest absolute Gasteiger partial charge is 0.338 e. The van der Waals surface area contributed by atoms with Crippen LogP contribution < -0.4 is 29.1 Å². The largest absolute Gasteiger partial charge is 0.503 e. The van der Waals surface area contributed by atoms with Gasteiger partial charge in [0.15, 0.2) is 16.3 Å². The third-order valence-corrected chi connectivity index (χ3v) is 7.40. The Morgan fingerprint density at radius 3 is 2.54 bits per heavy atom. The van der Waals surface area contributed by atoms with E-state index in [1.165, 1.54) is 37.2 Å². The van der Waals surface area contributed by atoms with Crippen LogP contribution in [0, 0.1) is 0 Å². The standard InChI is InChI=1S/C26H25BrN2O7S/c1-6-36-25(32)21-13(2)28-26-29(22(21)16-12-15(33-3)7-8-18(16)34-4)24(31)20(37-26)11-14-9-17(27)23(30)19(10-14)35-5/h7-12,22,30H,6H2,1-5H3/b20-11-/t22-/m1/s1. The first-order chi connectivity index (χ1) is 17.7. The number of methoxy groups -OCH3 is 3. The Bertz CT molecular complexity index is 1590. The summed E-state index contributed by atoms with van der Waals surface area (Å²) in [6.45, 7) is 3.60. The monoisotopic (exact) mass is 588 g/mol. The van der Waals surface area contributed by atoms with E-state index in [0.717, 1.165) is 0 Å². The average Bonchev–Trinajstić information content (AvgIpc) is 3.18. The summed E-state index contributed by atoms with van der Waals surface area (Å²) < 4.78 is 23.9. The minimum absolute atomic E-state index is 0.0408. The number of phenols is 1. The summed E-state index contributed by atoms with van der Waals surface area (Å²) in [5.41, 5.74) is 1.51. The Balaban J connectivity index is 2.01. The van der Waals surface area contributed by atoms with Crippen molar-refractivity contribution in [2.45, 2.75) is 19.9 Å². The number of thiazole rings is 1. The van der Waals surface area contributed by atoms with Crippen LogP contribution in [0.3, 0.4) is 0 Å². The van der Waals surface area contributed by atoms with Crippen LogP contribution in [0.4, 0.5) is 0 Å². The summed E-state index contributed by atoms with van der Waals surface area (Å²) in [6.07, 6.45) is 1.68. The number of nitrogens with zero attached hydrogens (tertiary/aromatic N) is 2. The van der Waals surface area contributed by atoms with Gasteiger partial charge in [-0.05, 0) is 71.7 Å². The van der Waals surface area contributed by atoms with E-state index >= 15 is 0 Å². The van der Waals surface area contributed by atoms with Gasteiger partial charge in [-0.15, -0.1) is 0 Å². The second-order valence-corrected chi connectivity index (χ2v) is 9.83. The lowest BCUT2D eigenvalue weighted by Crippen LogP contribution is -2.40. The maximum Gasteiger partial charge on any atom is 0.338 e. The lowest BCUT2D eigenvalue weighted by molar-refractivity contribution is -0.139. The van der Waals surface area contributed by atoms with Gasteiger partial charge in [0.2, 0.25) is 0 Å². The maximum absolute atomic E-state index is 13.8. The molecule has 0 saturated carbocycles. The van der Waals surface area contributed by atoms with Crippen molar-refractivity contribution in [3.63, 3.8) is 0 Å². The van der Waals surface area contributed by atoms with Crippen LogP contribution in [-0.2, 0) is 9.53 Å². The zero-order chi connectivity index (χ0) is 26.9. The summed E-state index contributed by atoms with van der Waals surface area (Å²) in [4.78, 5) is 32.0. The van der Waals surface area contributed by atoms with Crippen LogP contribution in [0.25, 0.3) is 6.08 Å². The first-order valence-corrected chi connectivity index (χ1v) is 12.8. The van der Waals surface area contributed by atoms with Crippen molar-refractivity contribution in [2.24, 2.45) is 4.99 Å². The number of ether oxygens (including phenoxy) is 4. The molecule has 0 unspecified atom stereocenters. The van der Waals surface area contributed by atoms with Crippen LogP contribution in [0.5, 0.6) is 23.0 Å². The molecular formula is C26H25BrN2O7S. The van der Waals surface area contributed by atoms with Crippen molar-refractivity contribution in [2.75, 3.05) is 27.9 Å². The van der Waals surface area contributed by atoms with E-state index in [0.29, 0.717) is 42.1 Å². The van der Waals surface area contributed by atoms with Crippen molar-refractivity contribution in [1.29, 1.82) is 0 Å². The number of aromatic nitrogens is 1. The van der Waals surface area contributed by atoms with Gasteiger partial charge in [-0.1, -0.05) is 11.3 Å². The fourth-order valence-corrected chi connectivity index (χ4v) is 5.63. The zero-order valence-electron chi connectivity index (χ0n) is 20.8. The number of carbonyl (C=O) groups excluding carboxylic acids is 1. The fourth-order valence-electron chi connectivity index (χ4n) is 4.12. The van der Waals surface area contributed by atoms with Gasteiger partial charge < -0.3 is 24.1 Å². The van der Waals surface area contributed by atoms with Crippen molar-refractivity contribution in [1.82, 2.24) is 4.57 Å². The average molecular weight is 589 g/mol. The lowest BCUT2D eigenvalue weighted by atomic mass is 9.94. The van der Waals surface area contributed by atoms with Gasteiger partial charge in [0.05, 0.1) is 48.2 Å². The van der Waals surface area contributed by atoms with Crippen LogP contribution in [0.15, 0.2) is 55.9 Å². The molecule has 37 heavy (non-hydrogen) atoms. The molecule has 1 N–H and O–H groups in total. The minimum Gasteiger partial charge on any atom is -0.503 e. The minimum atomic E-state index is -0.858. The number of esters is 1. The highest BCUT2D eigenvalue weighted by Crippen LogP contribution is 2.38. The number of benzene rings is 2. The predicted molar refractivity (Wildman–Crippen MR) is 142 cm³/mol. The summed E-state index contributed by atoms with van der Waals surface area (Å²) >= 11 is 4.49. The molecule has 2 heterocycles. The molecule has 0 saturated heterocycles. The number of halogens is 1. The third kappa shape index (κ3) is 4.88. The van der Waals surface area contributed by atoms with Crippen molar-refractivity contribution >= 4 is 39.3 Å². The zero-order valence-corrected chi connectivity index (χ0v) is 23.2. The number of allylic oxidation sites excluding steroid dienone is 1. The van der Waals surface area contributed by atoms with Crippen molar-refractivity contribution in [3.05, 3.63) is 76.9 Å². The normalized spacial score (nSPS) is 15.2. The lowest BCUT2D eigenvalue weighted by Gasteiger charge is -2.26. The molecule has 0 aliphatic carbocycles. The predicted octanol–water partition coefficient (Wildman–Crippen LogP) is 3.29. The molecule has 2 aromatic carbocycles. The second kappa shape index (κ2) is 10.8. The van der Waals surface area contributed by atoms with Gasteiger partial charge in [-0.25, -0.2) is 9.79 Å². The Kier molecular flexibility index (Phi) is 7.74. The Morgan fingerprint density at radius 2 is 1.89 bits per heavy atom. The number of carbonyl (C=O) groups is 1. The molecule has 0 bridgehead atoms. The highest BCUT2D eigenvalue weighted by molar-refractivity contribution is 9.10. The molecule has 1 atom stereocenters. The number of hydrogen-bond acceptors (Lipinski definition) is 9. The third-order valence-electron chi connectivity index (χ3n) is 5.82. The number of hydrogen-bond donors (Lipinski definition) is 1. The fraction of sp³-hybridized carbons (Fsp3) is 0.269. The van der Waals surface area contributed by atoms with E-state index in [1.807, 2.05) is 0 Å². The van der Waals surface area contributed by atoms with Gasteiger partial charge >= 0.3 is 5.97 Å². The SMILES string of the molecule is CCOC(=O)C1=C(C)N=c2s/c(=C\c3cc(Br)c(O)c(OC)c3)c(=O)n2[C@@H]1c1cc(OC)ccc1OC. The van der Waals surface area contributed by atoms with Crippen molar-refractivity contribution < 1.29 is 28.8 Å². The number of aromatic hydroxyl groups is 1. The molecule has 0 amide bonds. The Hall–Kier alpha value is -3.57. The van der Waals surface area contributed by atoms with Gasteiger partial charge in [0, 0.05) is 5.56 Å². The van der Waals surface area contributed by atoms with Crippen LogP contribution in [0.1, 0.15) is 31.0 Å². The van der Waals surface area contributed by atoms with Crippen LogP contribution >= 0.6 is 27.3 Å². The summed E-state index contributed by atoms with van der Waals surface area (Å²) in [6, 6.07) is 7.64. The van der Waals surface area contributed by atoms with Gasteiger partial charge in [0.1, 0.15) is 17.5 Å². The summed E-state index contributed by atoms with van der Waals surface area (Å²) in [5, 5.41) is 10.1. The van der Waals surface area contributed by atoms with Crippen LogP contribution in [0.2, 0.25) is 0 Å². The molecule has 0 fully saturated rings. The molecule has 0 radical (unpaired) electrons. The van der Waals surface area contributed by atoms with Crippen LogP contribution in [-0.4, -0.2) is 43.6 Å². The first kappa shape index (κ1) is 26.5. The molecule has 9 nitrogen and oxygen atoms in total. The quantitative estimate of drug-likeness (QED) is 0.422. The molecular weight excluding hydrogens is 564 g/mol. The summed E-state index contributed by atoms with van der Waals surface area (Å²) in [7, 11) is 4.50. The highest BCUT2D eigenvalue weighted by atomic mass is 79.9. The molecule has 1 aromatic heterocycles. The van der Waals surface area contributed by atoms with Crippen molar-refractivity contribution in [3.8, 4) is 23.0 Å². The number of fused-ring (bicyclic) bond motifs is 1. The Morgan fingerprint density at radius 1 is 1.16 bits per heavy atom. The van der Waals surface area contributed by atoms with Gasteiger partial charge in [-0.3, -0.25) is 9.36 Å². The first-order valence-electron chi connectivity index (χ1n) is 11.2. The molecule has 3 aromatic rings. The molecule has 194 valence electrons. The van der Waals surface area contributed by atoms with Gasteiger partial charge in [-0.2, -0.15) is 0 Å². The highest BCUT2D eigenvalue weighted by Gasteiger charge is 2.35. The molecule has 1 aliphatic heterocycles. The maximum atomic E-state index is 13.8. The van der Waals surface area contributed by atoms with E-state index in [2.05, 4.69) is 20.9 Å². The molecule has 4 rings (SSSR count). The van der Waals surface area contributed by atoms with Gasteiger partial charge in [0.25, 0.3) is 5.56 Å². The van der Waals surface area contributed by atoms with E-state index in [9.17, 15) is 14.7 Å². The Labute approximate surface area is 225 Å². The number of rotatable bonds is 7. The molecule has 0 spiro atoms.